The van der Waals surface area contributed by atoms with Crippen molar-refractivity contribution in [3.63, 3.8) is 0 Å². The van der Waals surface area contributed by atoms with Crippen molar-refractivity contribution in [2.24, 2.45) is 0 Å². The van der Waals surface area contributed by atoms with E-state index in [1.807, 2.05) is 13.3 Å². The minimum Gasteiger partial charge on any atom is -0.372 e. The fourth-order valence-electron chi connectivity index (χ4n) is 5.13. The number of ether oxygens (including phenoxy) is 1. The van der Waals surface area contributed by atoms with Gasteiger partial charge in [-0.05, 0) is 55.9 Å². The number of fused-ring (bicyclic) bond motifs is 1. The van der Waals surface area contributed by atoms with E-state index in [9.17, 15) is 0 Å². The van der Waals surface area contributed by atoms with Crippen molar-refractivity contribution in [1.82, 2.24) is 19.0 Å². The molecule has 0 spiro atoms. The van der Waals surface area contributed by atoms with Crippen LogP contribution < -0.4 is 0 Å². The van der Waals surface area contributed by atoms with Crippen LogP contribution in [0.15, 0.2) is 85.0 Å². The topological polar surface area (TPSA) is 35.2 Å². The molecule has 2 unspecified atom stereocenters. The third kappa shape index (κ3) is 4.90. The summed E-state index contributed by atoms with van der Waals surface area (Å²) in [5, 5.41) is 1.34. The number of likely N-dealkylation sites (tertiary alicyclic amines) is 1. The molecule has 5 heteroatoms. The van der Waals surface area contributed by atoms with Crippen LogP contribution in [-0.4, -0.2) is 51.4 Å². The van der Waals surface area contributed by atoms with Crippen molar-refractivity contribution in [2.45, 2.75) is 44.9 Å². The van der Waals surface area contributed by atoms with E-state index in [4.69, 9.17) is 4.74 Å². The average Bonchev–Trinajstić information content (AvgIpc) is 3.46. The van der Waals surface area contributed by atoms with Crippen molar-refractivity contribution >= 4 is 10.9 Å². The van der Waals surface area contributed by atoms with Crippen LogP contribution in [0, 0.1) is 6.92 Å². The molecule has 0 amide bonds. The van der Waals surface area contributed by atoms with Gasteiger partial charge >= 0.3 is 0 Å². The Morgan fingerprint density at radius 2 is 2.00 bits per heavy atom. The number of rotatable bonds is 7. The van der Waals surface area contributed by atoms with Gasteiger partial charge in [-0.25, -0.2) is 4.98 Å². The Morgan fingerprint density at radius 3 is 2.79 bits per heavy atom. The van der Waals surface area contributed by atoms with Crippen molar-refractivity contribution in [1.29, 1.82) is 0 Å². The van der Waals surface area contributed by atoms with Gasteiger partial charge in [0.2, 0.25) is 0 Å². The zero-order valence-corrected chi connectivity index (χ0v) is 19.7. The number of nitrogens with zero attached hydrogens (tertiary/aromatic N) is 4. The Kier molecular flexibility index (Phi) is 6.60. The van der Waals surface area contributed by atoms with Gasteiger partial charge in [-0.3, -0.25) is 4.90 Å². The minimum absolute atomic E-state index is 0.0281. The van der Waals surface area contributed by atoms with Crippen molar-refractivity contribution in [2.75, 3.05) is 26.2 Å². The van der Waals surface area contributed by atoms with Crippen molar-refractivity contribution in [3.05, 3.63) is 90.7 Å². The van der Waals surface area contributed by atoms with E-state index in [1.54, 1.807) is 0 Å². The number of para-hydroxylation sites is 1. The van der Waals surface area contributed by atoms with Crippen molar-refractivity contribution < 1.29 is 4.74 Å². The summed E-state index contributed by atoms with van der Waals surface area (Å²) in [5.74, 6) is 0. The number of allylic oxidation sites excluding steroid dienone is 3. The normalized spacial score (nSPS) is 22.4. The van der Waals surface area contributed by atoms with Crippen LogP contribution in [0.5, 0.6) is 0 Å². The molecule has 2 atom stereocenters. The van der Waals surface area contributed by atoms with E-state index in [1.165, 1.54) is 29.3 Å². The first kappa shape index (κ1) is 21.9. The van der Waals surface area contributed by atoms with Gasteiger partial charge in [-0.2, -0.15) is 0 Å². The zero-order chi connectivity index (χ0) is 22.6. The zero-order valence-electron chi connectivity index (χ0n) is 19.7. The maximum atomic E-state index is 6.04. The summed E-state index contributed by atoms with van der Waals surface area (Å²) < 4.78 is 10.7. The maximum absolute atomic E-state index is 6.04. The molecule has 0 N–H and O–H groups in total. The SMILES string of the molecule is CCOC1C=C(/C=C/CN2CCC(n3ccc4ccccc43)CC2)C=CC1n1cnc(C)c1. The van der Waals surface area contributed by atoms with Crippen LogP contribution in [0.2, 0.25) is 0 Å². The number of hydrogen-bond acceptors (Lipinski definition) is 3. The standard InChI is InChI=1S/C28H34N4O/c1-3-33-28-19-23(10-11-27(28)31-20-22(2)29-21-31)7-6-15-30-16-13-25(14-17-30)32-18-12-24-8-4-5-9-26(24)32/h4-12,18-21,25,27-28H,3,13-17H2,1-2H3/b7-6+. The third-order valence-corrected chi connectivity index (χ3v) is 6.87. The minimum atomic E-state index is 0.0281. The molecular formula is C28H34N4O. The highest BCUT2D eigenvalue weighted by Gasteiger charge is 2.23. The molecular weight excluding hydrogens is 408 g/mol. The first-order chi connectivity index (χ1) is 16.2. The number of aryl methyl sites for hydroxylation is 1. The highest BCUT2D eigenvalue weighted by molar-refractivity contribution is 5.80. The second kappa shape index (κ2) is 9.94. The second-order valence-corrected chi connectivity index (χ2v) is 9.11. The Balaban J connectivity index is 1.16. The van der Waals surface area contributed by atoms with Crippen LogP contribution in [0.3, 0.4) is 0 Å². The Bertz CT molecular complexity index is 1160. The van der Waals surface area contributed by atoms with Gasteiger partial charge < -0.3 is 13.9 Å². The Hall–Kier alpha value is -2.89. The molecule has 1 saturated heterocycles. The fourth-order valence-corrected chi connectivity index (χ4v) is 5.13. The highest BCUT2D eigenvalue weighted by Crippen LogP contribution is 2.28. The molecule has 0 radical (unpaired) electrons. The molecule has 1 aliphatic heterocycles. The number of aromatic nitrogens is 3. The van der Waals surface area contributed by atoms with Crippen LogP contribution >= 0.6 is 0 Å². The van der Waals surface area contributed by atoms with Gasteiger partial charge in [0.25, 0.3) is 0 Å². The largest absolute Gasteiger partial charge is 0.372 e. The highest BCUT2D eigenvalue weighted by atomic mass is 16.5. The lowest BCUT2D eigenvalue weighted by Gasteiger charge is -2.32. The Morgan fingerprint density at radius 1 is 1.15 bits per heavy atom. The van der Waals surface area contributed by atoms with Crippen LogP contribution in [-0.2, 0) is 4.74 Å². The number of benzene rings is 1. The Labute approximate surface area is 196 Å². The van der Waals surface area contributed by atoms with E-state index in [2.05, 4.69) is 99.0 Å². The van der Waals surface area contributed by atoms with Gasteiger partial charge in [0.15, 0.2) is 0 Å². The van der Waals surface area contributed by atoms with Gasteiger partial charge in [0.05, 0.1) is 18.1 Å². The van der Waals surface area contributed by atoms with Gasteiger partial charge in [-0.15, -0.1) is 0 Å². The summed E-state index contributed by atoms with van der Waals surface area (Å²) in [4.78, 5) is 6.93. The smallest absolute Gasteiger partial charge is 0.101 e. The molecule has 0 saturated carbocycles. The van der Waals surface area contributed by atoms with Crippen LogP contribution in [0.4, 0.5) is 0 Å². The molecule has 5 rings (SSSR count). The molecule has 3 heterocycles. The van der Waals surface area contributed by atoms with Crippen LogP contribution in [0.25, 0.3) is 10.9 Å². The van der Waals surface area contributed by atoms with Gasteiger partial charge in [0.1, 0.15) is 6.10 Å². The first-order valence-corrected chi connectivity index (χ1v) is 12.2. The molecule has 5 nitrogen and oxygen atoms in total. The number of piperidine rings is 1. The van der Waals surface area contributed by atoms with Crippen molar-refractivity contribution in [3.8, 4) is 0 Å². The average molecular weight is 443 g/mol. The summed E-state index contributed by atoms with van der Waals surface area (Å²) in [5.41, 5.74) is 3.61. The molecule has 1 aliphatic carbocycles. The lowest BCUT2D eigenvalue weighted by molar-refractivity contribution is 0.0693. The molecule has 2 aliphatic rings. The number of hydrogen-bond donors (Lipinski definition) is 0. The molecule has 1 fully saturated rings. The lowest BCUT2D eigenvalue weighted by atomic mass is 9.99. The monoisotopic (exact) mass is 442 g/mol. The summed E-state index contributed by atoms with van der Waals surface area (Å²) in [7, 11) is 0. The predicted octanol–water partition coefficient (Wildman–Crippen LogP) is 5.48. The predicted molar refractivity (Wildman–Crippen MR) is 134 cm³/mol. The van der Waals surface area contributed by atoms with Gasteiger partial charge in [0, 0.05) is 50.2 Å². The summed E-state index contributed by atoms with van der Waals surface area (Å²) in [6.45, 7) is 8.04. The van der Waals surface area contributed by atoms with Gasteiger partial charge in [-0.1, -0.05) is 42.5 Å². The van der Waals surface area contributed by atoms with E-state index in [0.717, 1.165) is 25.3 Å². The molecule has 0 bridgehead atoms. The summed E-state index contributed by atoms with van der Waals surface area (Å²) >= 11 is 0. The fraction of sp³-hybridized carbons (Fsp3) is 0.393. The number of imidazole rings is 1. The molecule has 3 aromatic rings. The molecule has 1 aromatic carbocycles. The first-order valence-electron chi connectivity index (χ1n) is 12.2. The van der Waals surface area contributed by atoms with E-state index >= 15 is 0 Å². The second-order valence-electron chi connectivity index (χ2n) is 9.11. The lowest BCUT2D eigenvalue weighted by Crippen LogP contribution is -2.34. The maximum Gasteiger partial charge on any atom is 0.101 e. The van der Waals surface area contributed by atoms with Crippen LogP contribution in [0.1, 0.15) is 37.5 Å². The molecule has 2 aromatic heterocycles. The van der Waals surface area contributed by atoms with E-state index in [-0.39, 0.29) is 12.1 Å². The van der Waals surface area contributed by atoms with E-state index < -0.39 is 0 Å². The van der Waals surface area contributed by atoms with E-state index in [0.29, 0.717) is 12.6 Å². The molecule has 172 valence electrons. The molecule has 33 heavy (non-hydrogen) atoms. The quantitative estimate of drug-likeness (QED) is 0.486. The summed E-state index contributed by atoms with van der Waals surface area (Å²) in [6.07, 6.45) is 19.9. The summed E-state index contributed by atoms with van der Waals surface area (Å²) in [6, 6.07) is 11.7. The third-order valence-electron chi connectivity index (χ3n) is 6.87.